The van der Waals surface area contributed by atoms with Crippen molar-refractivity contribution in [1.29, 1.82) is 0 Å². The zero-order valence-electron chi connectivity index (χ0n) is 14.1. The number of halogens is 5. The van der Waals surface area contributed by atoms with E-state index in [0.29, 0.717) is 5.56 Å². The summed E-state index contributed by atoms with van der Waals surface area (Å²) >= 11 is 5.86. The molecule has 2 amide bonds. The molecule has 1 heterocycles. The van der Waals surface area contributed by atoms with Gasteiger partial charge < -0.3 is 15.4 Å². The topological polar surface area (TPSA) is 67.4 Å². The maximum atomic E-state index is 13.4. The van der Waals surface area contributed by atoms with Gasteiger partial charge >= 0.3 is 6.18 Å². The van der Waals surface area contributed by atoms with Crippen LogP contribution >= 0.6 is 11.6 Å². The van der Waals surface area contributed by atoms with Gasteiger partial charge in [0.2, 0.25) is 11.8 Å². The zero-order valence-corrected chi connectivity index (χ0v) is 14.8. The van der Waals surface area contributed by atoms with Gasteiger partial charge in [0.1, 0.15) is 11.6 Å². The van der Waals surface area contributed by atoms with Crippen LogP contribution in [0.2, 0.25) is 5.02 Å². The molecule has 2 aromatic rings. The third-order valence-corrected chi connectivity index (χ3v) is 4.20. The minimum Gasteiger partial charge on any atom is -0.482 e. The molecule has 3 rings (SSSR count). The number of ether oxygens (including phenoxy) is 1. The summed E-state index contributed by atoms with van der Waals surface area (Å²) in [5, 5.41) is 5.09. The number of nitrogens with one attached hydrogen (secondary N) is 2. The van der Waals surface area contributed by atoms with Crippen LogP contribution < -0.4 is 15.4 Å². The highest BCUT2D eigenvalue weighted by Crippen LogP contribution is 2.35. The molecule has 1 aliphatic rings. The maximum Gasteiger partial charge on any atom is 0.422 e. The van der Waals surface area contributed by atoms with Crippen LogP contribution in [0.3, 0.4) is 0 Å². The fraction of sp³-hybridized carbons (Fsp3) is 0.222. The molecule has 148 valence electrons. The molecule has 0 spiro atoms. The van der Waals surface area contributed by atoms with Crippen molar-refractivity contribution >= 4 is 34.8 Å². The van der Waals surface area contributed by atoms with Gasteiger partial charge in [0, 0.05) is 17.1 Å². The van der Waals surface area contributed by atoms with Crippen LogP contribution in [0.5, 0.6) is 5.75 Å². The van der Waals surface area contributed by atoms with Crippen LogP contribution in [-0.4, -0.2) is 24.6 Å². The smallest absolute Gasteiger partial charge is 0.422 e. The van der Waals surface area contributed by atoms with Gasteiger partial charge in [-0.3, -0.25) is 9.59 Å². The number of hydrogen-bond donors (Lipinski definition) is 2. The Hall–Kier alpha value is -2.81. The van der Waals surface area contributed by atoms with E-state index in [2.05, 4.69) is 10.6 Å². The summed E-state index contributed by atoms with van der Waals surface area (Å²) in [5.41, 5.74) is 0.478. The lowest BCUT2D eigenvalue weighted by atomic mass is 9.89. The van der Waals surface area contributed by atoms with Crippen molar-refractivity contribution in [3.05, 3.63) is 52.8 Å². The van der Waals surface area contributed by atoms with Gasteiger partial charge in [-0.15, -0.1) is 0 Å². The number of carbonyl (C=O) groups excluding carboxylic acids is 2. The molecule has 0 saturated carbocycles. The Balaban J connectivity index is 1.85. The van der Waals surface area contributed by atoms with Crippen LogP contribution in [0.1, 0.15) is 17.9 Å². The normalized spacial score (nSPS) is 16.2. The molecule has 28 heavy (non-hydrogen) atoms. The first-order valence-corrected chi connectivity index (χ1v) is 8.39. The summed E-state index contributed by atoms with van der Waals surface area (Å²) in [6.07, 6.45) is -4.77. The molecule has 0 aromatic heterocycles. The monoisotopic (exact) mass is 416 g/mol. The molecular weight excluding hydrogens is 404 g/mol. The second-order valence-corrected chi connectivity index (χ2v) is 6.51. The lowest BCUT2D eigenvalue weighted by molar-refractivity contribution is -0.153. The van der Waals surface area contributed by atoms with E-state index in [1.807, 2.05) is 0 Å². The van der Waals surface area contributed by atoms with E-state index in [0.717, 1.165) is 12.1 Å². The lowest BCUT2D eigenvalue weighted by Gasteiger charge is -2.25. The van der Waals surface area contributed by atoms with Gasteiger partial charge in [-0.2, -0.15) is 13.2 Å². The highest BCUT2D eigenvalue weighted by atomic mass is 35.5. The van der Waals surface area contributed by atoms with Crippen molar-refractivity contribution < 1.29 is 31.9 Å². The molecule has 0 aliphatic carbocycles. The van der Waals surface area contributed by atoms with Gasteiger partial charge in [-0.25, -0.2) is 4.39 Å². The third kappa shape index (κ3) is 4.72. The summed E-state index contributed by atoms with van der Waals surface area (Å²) in [6, 6.07) is 7.35. The zero-order chi connectivity index (χ0) is 20.5. The highest BCUT2D eigenvalue weighted by molar-refractivity contribution is 6.31. The number of amides is 2. The molecule has 2 aromatic carbocycles. The molecule has 5 nitrogen and oxygen atoms in total. The highest BCUT2D eigenvalue weighted by Gasteiger charge is 2.32. The van der Waals surface area contributed by atoms with E-state index >= 15 is 0 Å². The Bertz CT molecular complexity index is 934. The fourth-order valence-electron chi connectivity index (χ4n) is 2.78. The van der Waals surface area contributed by atoms with Crippen molar-refractivity contribution in [3.8, 4) is 5.75 Å². The van der Waals surface area contributed by atoms with Crippen LogP contribution in [-0.2, 0) is 9.59 Å². The Kier molecular flexibility index (Phi) is 5.46. The first kappa shape index (κ1) is 19.9. The average Bonchev–Trinajstić information content (AvgIpc) is 2.59. The molecule has 2 N–H and O–H groups in total. The number of hydrogen-bond acceptors (Lipinski definition) is 3. The molecule has 0 saturated heterocycles. The first-order valence-electron chi connectivity index (χ1n) is 8.01. The number of fused-ring (bicyclic) bond motifs is 1. The van der Waals surface area contributed by atoms with E-state index in [9.17, 15) is 27.2 Å². The Morgan fingerprint density at radius 1 is 1.25 bits per heavy atom. The molecule has 1 atom stereocenters. The van der Waals surface area contributed by atoms with Gasteiger partial charge in [0.15, 0.2) is 6.61 Å². The largest absolute Gasteiger partial charge is 0.482 e. The van der Waals surface area contributed by atoms with Crippen LogP contribution in [0.25, 0.3) is 0 Å². The van der Waals surface area contributed by atoms with E-state index in [1.54, 1.807) is 0 Å². The number of alkyl halides is 3. The summed E-state index contributed by atoms with van der Waals surface area (Å²) in [7, 11) is 0. The number of rotatable bonds is 4. The Morgan fingerprint density at radius 3 is 2.71 bits per heavy atom. The van der Waals surface area contributed by atoms with Crippen molar-refractivity contribution in [2.24, 2.45) is 0 Å². The molecule has 1 unspecified atom stereocenters. The number of carbonyl (C=O) groups is 2. The molecule has 10 heteroatoms. The van der Waals surface area contributed by atoms with Crippen molar-refractivity contribution in [2.45, 2.75) is 18.5 Å². The average molecular weight is 417 g/mol. The fourth-order valence-corrected chi connectivity index (χ4v) is 2.95. The molecule has 0 radical (unpaired) electrons. The Labute approximate surface area is 161 Å². The lowest BCUT2D eigenvalue weighted by Crippen LogP contribution is -2.31. The SMILES string of the molecule is O=C1CC(C(=O)Nc2cc(Cl)ccc2OCC(F)(F)F)c2ccc(F)cc2N1. The van der Waals surface area contributed by atoms with E-state index in [-0.39, 0.29) is 28.6 Å². The van der Waals surface area contributed by atoms with E-state index < -0.39 is 36.3 Å². The van der Waals surface area contributed by atoms with Gasteiger partial charge in [-0.1, -0.05) is 17.7 Å². The van der Waals surface area contributed by atoms with Crippen LogP contribution in [0.4, 0.5) is 28.9 Å². The third-order valence-electron chi connectivity index (χ3n) is 3.96. The van der Waals surface area contributed by atoms with Crippen LogP contribution in [0.15, 0.2) is 36.4 Å². The molecule has 1 aliphatic heterocycles. The predicted octanol–water partition coefficient (Wildman–Crippen LogP) is 4.48. The minimum atomic E-state index is -4.56. The second-order valence-electron chi connectivity index (χ2n) is 6.07. The van der Waals surface area contributed by atoms with E-state index in [4.69, 9.17) is 16.3 Å². The van der Waals surface area contributed by atoms with Crippen molar-refractivity contribution in [3.63, 3.8) is 0 Å². The van der Waals surface area contributed by atoms with Gasteiger partial charge in [0.25, 0.3) is 0 Å². The van der Waals surface area contributed by atoms with Crippen molar-refractivity contribution in [1.82, 2.24) is 0 Å². The summed E-state index contributed by atoms with van der Waals surface area (Å²) < 4.78 is 55.4. The Morgan fingerprint density at radius 2 is 2.00 bits per heavy atom. The first-order chi connectivity index (χ1) is 13.1. The second kappa shape index (κ2) is 7.67. The van der Waals surface area contributed by atoms with Gasteiger partial charge in [-0.05, 0) is 35.9 Å². The number of benzene rings is 2. The number of anilines is 2. The standard InChI is InChI=1S/C18H13ClF4N2O3/c19-9-1-4-15(28-8-18(21,22)23)14(5-9)25-17(27)12-7-16(26)24-13-6-10(20)2-3-11(12)13/h1-6,12H,7-8H2,(H,24,26)(H,25,27). The predicted molar refractivity (Wildman–Crippen MR) is 94.0 cm³/mol. The minimum absolute atomic E-state index is 0.0728. The summed E-state index contributed by atoms with van der Waals surface area (Å²) in [4.78, 5) is 24.6. The molecule has 0 bridgehead atoms. The van der Waals surface area contributed by atoms with Crippen LogP contribution in [0, 0.1) is 5.82 Å². The quantitative estimate of drug-likeness (QED) is 0.722. The van der Waals surface area contributed by atoms with Gasteiger partial charge in [0.05, 0.1) is 11.6 Å². The van der Waals surface area contributed by atoms with Crippen molar-refractivity contribution in [2.75, 3.05) is 17.2 Å². The van der Waals surface area contributed by atoms with E-state index in [1.165, 1.54) is 24.3 Å². The molecule has 0 fully saturated rings. The summed E-state index contributed by atoms with van der Waals surface area (Å²) in [6.45, 7) is -1.55. The summed E-state index contributed by atoms with van der Waals surface area (Å²) in [5.74, 6) is -2.93. The molecular formula is C18H13ClF4N2O3. The maximum absolute atomic E-state index is 13.4.